The van der Waals surface area contributed by atoms with Gasteiger partial charge in [-0.1, -0.05) is 23.7 Å². The number of carbonyl (C=O) groups excluding carboxylic acids is 3. The first-order valence-corrected chi connectivity index (χ1v) is 12.0. The summed E-state index contributed by atoms with van der Waals surface area (Å²) in [6, 6.07) is 18.9. The third-order valence-electron chi connectivity index (χ3n) is 4.81. The van der Waals surface area contributed by atoms with Gasteiger partial charge >= 0.3 is 17.9 Å². The predicted molar refractivity (Wildman–Crippen MR) is 136 cm³/mol. The van der Waals surface area contributed by atoms with Crippen LogP contribution in [0.2, 0.25) is 0 Å². The minimum atomic E-state index is -0.655. The first-order valence-electron chi connectivity index (χ1n) is 11.3. The summed E-state index contributed by atoms with van der Waals surface area (Å²) in [7, 11) is 0. The normalized spacial score (nSPS) is 10.3. The van der Waals surface area contributed by atoms with Gasteiger partial charge in [0.25, 0.3) is 0 Å². The Balaban J connectivity index is 1.46. The van der Waals surface area contributed by atoms with Gasteiger partial charge in [-0.25, -0.2) is 19.6 Å². The molecule has 0 aromatic heterocycles. The molecular weight excluding hydrogens is 516 g/mol. The largest absolute Gasteiger partial charge is 0.494 e. The second kappa shape index (κ2) is 15.2. The van der Waals surface area contributed by atoms with Crippen molar-refractivity contribution in [2.75, 3.05) is 13.2 Å². The van der Waals surface area contributed by atoms with Crippen LogP contribution in [0, 0.1) is 0 Å². The number of carbonyl (C=O) groups is 3. The highest BCUT2D eigenvalue weighted by molar-refractivity contribution is 7.94. The highest BCUT2D eigenvalue weighted by atomic mass is 32.2. The van der Waals surface area contributed by atoms with E-state index >= 15 is 0 Å². The van der Waals surface area contributed by atoms with Crippen LogP contribution in [0.1, 0.15) is 33.6 Å². The van der Waals surface area contributed by atoms with Gasteiger partial charge in [0.2, 0.25) is 0 Å². The zero-order chi connectivity index (χ0) is 27.2. The van der Waals surface area contributed by atoms with Crippen molar-refractivity contribution in [1.29, 1.82) is 0 Å². The zero-order valence-corrected chi connectivity index (χ0v) is 20.9. The van der Waals surface area contributed by atoms with Crippen LogP contribution in [0.3, 0.4) is 0 Å². The van der Waals surface area contributed by atoms with Gasteiger partial charge in [-0.05, 0) is 73.5 Å². The van der Waals surface area contributed by atoms with Crippen molar-refractivity contribution in [3.8, 4) is 17.2 Å². The monoisotopic (exact) mass is 540 g/mol. The van der Waals surface area contributed by atoms with Crippen molar-refractivity contribution in [3.05, 3.63) is 96.6 Å². The van der Waals surface area contributed by atoms with E-state index in [9.17, 15) is 14.4 Å². The predicted octanol–water partition coefficient (Wildman–Crippen LogP) is 5.44. The Kier molecular flexibility index (Phi) is 11.3. The van der Waals surface area contributed by atoms with E-state index in [-0.39, 0.29) is 17.1 Å². The number of ether oxygens (including phenoxy) is 4. The number of hydrogen-bond donors (Lipinski definition) is 1. The average molecular weight is 541 g/mol. The molecule has 0 aliphatic rings. The molecule has 10 nitrogen and oxygen atoms in total. The van der Waals surface area contributed by atoms with E-state index in [1.807, 2.05) is 0 Å². The number of rotatable bonds is 14. The Hall–Kier alpha value is -4.16. The summed E-state index contributed by atoms with van der Waals surface area (Å²) in [4.78, 5) is 36.3. The van der Waals surface area contributed by atoms with Crippen molar-refractivity contribution in [3.63, 3.8) is 0 Å². The minimum Gasteiger partial charge on any atom is -0.494 e. The Bertz CT molecular complexity index is 1230. The fourth-order valence-electron chi connectivity index (χ4n) is 2.98. The SMILES string of the molecule is C=CC(=O)OCCCCOc1ccc(C(=O)Oc2ccc(OC(=O)c3ccccc3SOOO)cc2)cc1. The molecule has 0 heterocycles. The van der Waals surface area contributed by atoms with E-state index < -0.39 is 17.9 Å². The fraction of sp³-hybridized carbons (Fsp3) is 0.148. The number of unbranched alkanes of at least 4 members (excludes halogenated alkanes) is 1. The highest BCUT2D eigenvalue weighted by Gasteiger charge is 2.15. The van der Waals surface area contributed by atoms with Gasteiger partial charge in [0, 0.05) is 6.08 Å². The van der Waals surface area contributed by atoms with Gasteiger partial charge in [-0.15, -0.1) is 4.33 Å². The molecule has 198 valence electrons. The molecule has 0 spiro atoms. The van der Waals surface area contributed by atoms with Crippen LogP contribution < -0.4 is 14.2 Å². The van der Waals surface area contributed by atoms with E-state index in [0.29, 0.717) is 54.3 Å². The van der Waals surface area contributed by atoms with Gasteiger partial charge in [-0.3, -0.25) is 0 Å². The molecule has 11 heteroatoms. The van der Waals surface area contributed by atoms with Crippen molar-refractivity contribution in [1.82, 2.24) is 0 Å². The molecule has 0 amide bonds. The summed E-state index contributed by atoms with van der Waals surface area (Å²) in [6.07, 6.45) is 2.47. The lowest BCUT2D eigenvalue weighted by atomic mass is 10.2. The van der Waals surface area contributed by atoms with Crippen molar-refractivity contribution >= 4 is 30.0 Å². The van der Waals surface area contributed by atoms with Crippen molar-refractivity contribution in [2.45, 2.75) is 17.7 Å². The highest BCUT2D eigenvalue weighted by Crippen LogP contribution is 2.26. The Morgan fingerprint density at radius 2 is 1.39 bits per heavy atom. The van der Waals surface area contributed by atoms with E-state index in [1.165, 1.54) is 30.3 Å². The topological polar surface area (TPSA) is 127 Å². The lowest BCUT2D eigenvalue weighted by Crippen LogP contribution is -2.10. The van der Waals surface area contributed by atoms with E-state index in [4.69, 9.17) is 24.2 Å². The molecule has 0 bridgehead atoms. The quantitative estimate of drug-likeness (QED) is 0.0534. The van der Waals surface area contributed by atoms with E-state index in [0.717, 1.165) is 6.08 Å². The molecule has 3 aromatic carbocycles. The number of esters is 3. The number of hydrogen-bond acceptors (Lipinski definition) is 11. The molecular formula is C27H24O10S. The van der Waals surface area contributed by atoms with Crippen LogP contribution in [-0.4, -0.2) is 36.4 Å². The van der Waals surface area contributed by atoms with Crippen molar-refractivity contribution < 1.29 is 48.0 Å². The summed E-state index contributed by atoms with van der Waals surface area (Å²) < 4.78 is 25.6. The third kappa shape index (κ3) is 9.05. The summed E-state index contributed by atoms with van der Waals surface area (Å²) in [5.74, 6) is -0.593. The standard InChI is InChI=1S/C27H24O10S/c1-2-25(28)33-18-6-5-17-32-20-11-9-19(10-12-20)26(29)34-21-13-15-22(16-14-21)35-27(30)23-7-3-4-8-24(23)38-37-36-31/h2-4,7-16,31H,1,5-6,17-18H2. The summed E-state index contributed by atoms with van der Waals surface area (Å²) in [5, 5.41) is 11.9. The molecule has 3 aromatic rings. The summed E-state index contributed by atoms with van der Waals surface area (Å²) in [6.45, 7) is 4.06. The molecule has 0 atom stereocenters. The molecule has 3 rings (SSSR count). The second-order valence-electron chi connectivity index (χ2n) is 7.42. The molecule has 0 saturated carbocycles. The average Bonchev–Trinajstić information content (AvgIpc) is 2.95. The van der Waals surface area contributed by atoms with Crippen LogP contribution in [0.25, 0.3) is 0 Å². The zero-order valence-electron chi connectivity index (χ0n) is 20.1. The summed E-state index contributed by atoms with van der Waals surface area (Å²) in [5.41, 5.74) is 0.527. The lowest BCUT2D eigenvalue weighted by molar-refractivity contribution is -0.432. The smallest absolute Gasteiger partial charge is 0.344 e. The molecule has 0 fully saturated rings. The first kappa shape index (κ1) is 28.4. The molecule has 0 aliphatic heterocycles. The molecule has 1 N–H and O–H groups in total. The van der Waals surface area contributed by atoms with Gasteiger partial charge in [0.15, 0.2) is 0 Å². The minimum absolute atomic E-state index is 0.200. The van der Waals surface area contributed by atoms with Gasteiger partial charge in [-0.2, -0.15) is 0 Å². The maximum absolute atomic E-state index is 12.5. The third-order valence-corrected chi connectivity index (χ3v) is 5.48. The van der Waals surface area contributed by atoms with Gasteiger partial charge in [0.05, 0.1) is 41.3 Å². The molecule has 0 aliphatic carbocycles. The fourth-order valence-corrected chi connectivity index (χ4v) is 3.46. The number of benzene rings is 3. The van der Waals surface area contributed by atoms with E-state index in [2.05, 4.69) is 16.0 Å². The lowest BCUT2D eigenvalue weighted by Gasteiger charge is -2.09. The molecule has 38 heavy (non-hydrogen) atoms. The molecule has 0 saturated heterocycles. The first-order chi connectivity index (χ1) is 18.5. The van der Waals surface area contributed by atoms with Gasteiger partial charge < -0.3 is 18.9 Å². The van der Waals surface area contributed by atoms with Crippen molar-refractivity contribution in [2.24, 2.45) is 0 Å². The Morgan fingerprint density at radius 3 is 2.05 bits per heavy atom. The Morgan fingerprint density at radius 1 is 0.789 bits per heavy atom. The second-order valence-corrected chi connectivity index (χ2v) is 8.17. The Labute approximate surface area is 222 Å². The maximum atomic E-state index is 12.5. The van der Waals surface area contributed by atoms with Crippen LogP contribution in [0.4, 0.5) is 0 Å². The van der Waals surface area contributed by atoms with Crippen LogP contribution in [-0.2, 0) is 18.9 Å². The molecule has 0 unspecified atom stereocenters. The summed E-state index contributed by atoms with van der Waals surface area (Å²) >= 11 is 0.646. The molecule has 0 radical (unpaired) electrons. The maximum Gasteiger partial charge on any atom is 0.344 e. The van der Waals surface area contributed by atoms with E-state index in [1.54, 1.807) is 42.5 Å². The van der Waals surface area contributed by atoms with Crippen LogP contribution in [0.15, 0.2) is 90.3 Å². The van der Waals surface area contributed by atoms with Crippen LogP contribution >= 0.6 is 12.0 Å². The van der Waals surface area contributed by atoms with Gasteiger partial charge in [0.1, 0.15) is 17.2 Å². The van der Waals surface area contributed by atoms with Crippen LogP contribution in [0.5, 0.6) is 17.2 Å².